The molecule has 1 amide bonds. The van der Waals surface area contributed by atoms with Gasteiger partial charge in [-0.25, -0.2) is 28.1 Å². The number of hydrogen-bond acceptors (Lipinski definition) is 7. The molecule has 0 aromatic carbocycles. The standard InChI is InChI=1S/C22H23F6N7O/c1-12-7-21(24,25)11-35(20(36)18(29)13(8-30-2)19-31-4-3-5-32-19)16(12)10-34-17-6-15(23)14(9-33-17)22(26,27)28/h3-6,8-9,12,16,29-30H,7,10-11H2,1-2H3,(H,33,34)/b13-8+,29-18?. The zero-order valence-electron chi connectivity index (χ0n) is 19.2. The number of halogens is 6. The summed E-state index contributed by atoms with van der Waals surface area (Å²) in [6.45, 7) is 0.276. The van der Waals surface area contributed by atoms with Crippen molar-refractivity contribution in [1.82, 2.24) is 25.2 Å². The van der Waals surface area contributed by atoms with Crippen molar-refractivity contribution < 1.29 is 31.1 Å². The Labute approximate surface area is 202 Å². The highest BCUT2D eigenvalue weighted by Crippen LogP contribution is 2.35. The molecule has 3 rings (SSSR count). The molecule has 3 N–H and O–H groups in total. The number of likely N-dealkylation sites (tertiary alicyclic amines) is 1. The summed E-state index contributed by atoms with van der Waals surface area (Å²) in [6.07, 6.45) is -1.09. The summed E-state index contributed by atoms with van der Waals surface area (Å²) in [4.78, 5) is 25.6. The maximum atomic E-state index is 14.4. The van der Waals surface area contributed by atoms with Gasteiger partial charge < -0.3 is 15.5 Å². The first-order valence-corrected chi connectivity index (χ1v) is 10.7. The molecule has 1 aliphatic heterocycles. The van der Waals surface area contributed by atoms with Gasteiger partial charge in [-0.2, -0.15) is 13.2 Å². The lowest BCUT2D eigenvalue weighted by atomic mass is 9.87. The van der Waals surface area contributed by atoms with Crippen LogP contribution in [0.2, 0.25) is 0 Å². The minimum absolute atomic E-state index is 0.0252. The van der Waals surface area contributed by atoms with Gasteiger partial charge in [0.2, 0.25) is 0 Å². The lowest BCUT2D eigenvalue weighted by Gasteiger charge is -2.43. The van der Waals surface area contributed by atoms with E-state index in [9.17, 15) is 31.1 Å². The van der Waals surface area contributed by atoms with Crippen LogP contribution in [0.5, 0.6) is 0 Å². The summed E-state index contributed by atoms with van der Waals surface area (Å²) in [5, 5.41) is 13.7. The Kier molecular flexibility index (Phi) is 7.84. The molecule has 36 heavy (non-hydrogen) atoms. The topological polar surface area (TPSA) is 107 Å². The molecule has 14 heteroatoms. The molecule has 1 aliphatic rings. The fourth-order valence-electron chi connectivity index (χ4n) is 3.91. The Bertz CT molecular complexity index is 1140. The van der Waals surface area contributed by atoms with Crippen molar-refractivity contribution in [1.29, 1.82) is 5.41 Å². The highest BCUT2D eigenvalue weighted by atomic mass is 19.4. The number of aromatic nitrogens is 3. The van der Waals surface area contributed by atoms with Gasteiger partial charge in [0.1, 0.15) is 22.9 Å². The summed E-state index contributed by atoms with van der Waals surface area (Å²) >= 11 is 0. The zero-order valence-corrected chi connectivity index (χ0v) is 19.2. The van der Waals surface area contributed by atoms with Crippen LogP contribution in [0.25, 0.3) is 5.57 Å². The summed E-state index contributed by atoms with van der Waals surface area (Å²) in [7, 11) is 1.51. The van der Waals surface area contributed by atoms with Crippen molar-refractivity contribution in [2.75, 3.05) is 25.5 Å². The van der Waals surface area contributed by atoms with E-state index in [-0.39, 0.29) is 23.8 Å². The molecular formula is C22H23F6N7O. The lowest BCUT2D eigenvalue weighted by molar-refractivity contribution is -0.145. The van der Waals surface area contributed by atoms with Crippen LogP contribution in [0.4, 0.5) is 32.2 Å². The van der Waals surface area contributed by atoms with Gasteiger partial charge in [-0.05, 0) is 12.0 Å². The fourth-order valence-corrected chi connectivity index (χ4v) is 3.91. The first-order chi connectivity index (χ1) is 16.8. The molecule has 2 unspecified atom stereocenters. The molecule has 0 radical (unpaired) electrons. The molecule has 0 bridgehead atoms. The van der Waals surface area contributed by atoms with E-state index in [1.807, 2.05) is 0 Å². The zero-order chi connectivity index (χ0) is 26.7. The van der Waals surface area contributed by atoms with Crippen LogP contribution in [-0.2, 0) is 11.0 Å². The second kappa shape index (κ2) is 10.5. The van der Waals surface area contributed by atoms with Crippen molar-refractivity contribution in [2.45, 2.75) is 31.5 Å². The van der Waals surface area contributed by atoms with Crippen LogP contribution in [0, 0.1) is 17.1 Å². The molecule has 2 aromatic heterocycles. The van der Waals surface area contributed by atoms with Gasteiger partial charge in [0, 0.05) is 50.9 Å². The maximum Gasteiger partial charge on any atom is 0.420 e. The monoisotopic (exact) mass is 515 g/mol. The van der Waals surface area contributed by atoms with E-state index in [0.29, 0.717) is 12.3 Å². The number of rotatable bonds is 7. The Morgan fingerprint density at radius 1 is 1.28 bits per heavy atom. The fraction of sp³-hybridized carbons (Fsp3) is 0.409. The third kappa shape index (κ3) is 6.10. The molecule has 0 aliphatic carbocycles. The van der Waals surface area contributed by atoms with E-state index < -0.39 is 60.0 Å². The summed E-state index contributed by atoms with van der Waals surface area (Å²) < 4.78 is 81.1. The van der Waals surface area contributed by atoms with Gasteiger partial charge in [-0.1, -0.05) is 6.92 Å². The van der Waals surface area contributed by atoms with Gasteiger partial charge in [0.05, 0.1) is 18.2 Å². The summed E-state index contributed by atoms with van der Waals surface area (Å²) in [5.74, 6) is -6.82. The number of pyridine rings is 1. The number of amides is 1. The van der Waals surface area contributed by atoms with Gasteiger partial charge in [0.25, 0.3) is 11.8 Å². The minimum Gasteiger partial charge on any atom is -0.393 e. The van der Waals surface area contributed by atoms with E-state index in [4.69, 9.17) is 5.41 Å². The maximum absolute atomic E-state index is 14.4. The summed E-state index contributed by atoms with van der Waals surface area (Å²) in [5.41, 5.74) is -2.21. The predicted octanol–water partition coefficient (Wildman–Crippen LogP) is 3.59. The van der Waals surface area contributed by atoms with Crippen molar-refractivity contribution in [3.05, 3.63) is 54.1 Å². The molecule has 194 valence electrons. The van der Waals surface area contributed by atoms with Gasteiger partial charge in [-0.15, -0.1) is 0 Å². The smallest absolute Gasteiger partial charge is 0.393 e. The molecule has 3 heterocycles. The lowest BCUT2D eigenvalue weighted by Crippen LogP contribution is -2.58. The first kappa shape index (κ1) is 26.9. The van der Waals surface area contributed by atoms with Gasteiger partial charge in [-0.3, -0.25) is 10.2 Å². The molecule has 1 fully saturated rings. The molecule has 1 saturated heterocycles. The van der Waals surface area contributed by atoms with Crippen molar-refractivity contribution in [3.63, 3.8) is 0 Å². The van der Waals surface area contributed by atoms with Crippen LogP contribution >= 0.6 is 0 Å². The SMILES string of the molecule is CN/C=C(\C(=N)C(=O)N1CC(F)(F)CC(C)C1CNc1cc(F)c(C(F)(F)F)cn1)c1ncccn1. The number of carbonyl (C=O) groups excluding carboxylic acids is 1. The normalized spacial score (nSPS) is 20.1. The Hall–Kier alpha value is -3.71. The average molecular weight is 515 g/mol. The van der Waals surface area contributed by atoms with E-state index in [2.05, 4.69) is 25.6 Å². The first-order valence-electron chi connectivity index (χ1n) is 10.7. The van der Waals surface area contributed by atoms with E-state index in [1.54, 1.807) is 0 Å². The number of hydrogen-bond donors (Lipinski definition) is 3. The number of carbonyl (C=O) groups is 1. The Morgan fingerprint density at radius 3 is 2.53 bits per heavy atom. The van der Waals surface area contributed by atoms with E-state index in [0.717, 1.165) is 4.90 Å². The third-order valence-corrected chi connectivity index (χ3v) is 5.57. The Morgan fingerprint density at radius 2 is 1.94 bits per heavy atom. The quantitative estimate of drug-likeness (QED) is 0.385. The van der Waals surface area contributed by atoms with Crippen LogP contribution in [-0.4, -0.2) is 63.6 Å². The van der Waals surface area contributed by atoms with Crippen molar-refractivity contribution >= 4 is 23.0 Å². The van der Waals surface area contributed by atoms with Crippen LogP contribution in [0.1, 0.15) is 24.7 Å². The highest BCUT2D eigenvalue weighted by molar-refractivity contribution is 6.54. The third-order valence-electron chi connectivity index (χ3n) is 5.57. The van der Waals surface area contributed by atoms with Crippen LogP contribution in [0.15, 0.2) is 36.9 Å². The van der Waals surface area contributed by atoms with Crippen molar-refractivity contribution in [3.8, 4) is 0 Å². The number of anilines is 1. The van der Waals surface area contributed by atoms with Gasteiger partial charge >= 0.3 is 6.18 Å². The second-order valence-corrected chi connectivity index (χ2v) is 8.26. The molecular weight excluding hydrogens is 492 g/mol. The van der Waals surface area contributed by atoms with E-state index >= 15 is 0 Å². The molecule has 2 atom stereocenters. The molecule has 0 spiro atoms. The highest BCUT2D eigenvalue weighted by Gasteiger charge is 2.47. The number of nitrogens with one attached hydrogen (secondary N) is 3. The predicted molar refractivity (Wildman–Crippen MR) is 119 cm³/mol. The number of piperidine rings is 1. The van der Waals surface area contributed by atoms with E-state index in [1.165, 1.54) is 38.6 Å². The second-order valence-electron chi connectivity index (χ2n) is 8.26. The van der Waals surface area contributed by atoms with Crippen LogP contribution < -0.4 is 10.6 Å². The molecule has 8 nitrogen and oxygen atoms in total. The number of nitrogens with zero attached hydrogens (tertiary/aromatic N) is 4. The molecule has 0 saturated carbocycles. The Balaban J connectivity index is 1.85. The van der Waals surface area contributed by atoms with Crippen LogP contribution in [0.3, 0.4) is 0 Å². The summed E-state index contributed by atoms with van der Waals surface area (Å²) in [6, 6.07) is 1.16. The number of alkyl halides is 5. The minimum atomic E-state index is -4.93. The van der Waals surface area contributed by atoms with Crippen molar-refractivity contribution in [2.24, 2.45) is 5.92 Å². The van der Waals surface area contributed by atoms with Gasteiger partial charge in [0.15, 0.2) is 5.82 Å². The average Bonchev–Trinajstić information content (AvgIpc) is 2.80. The largest absolute Gasteiger partial charge is 0.420 e. The molecule has 2 aromatic rings.